The highest BCUT2D eigenvalue weighted by molar-refractivity contribution is 5.62. The lowest BCUT2D eigenvalue weighted by Gasteiger charge is -2.43. The molecular weight excluding hydrogens is 204 g/mol. The van der Waals surface area contributed by atoms with Crippen molar-refractivity contribution in [1.82, 2.24) is 4.98 Å². The van der Waals surface area contributed by atoms with Gasteiger partial charge in [0.1, 0.15) is 11.6 Å². The highest BCUT2D eigenvalue weighted by Crippen LogP contribution is 2.27. The molecule has 1 aliphatic rings. The van der Waals surface area contributed by atoms with Gasteiger partial charge in [-0.1, -0.05) is 0 Å². The molecular formula is C11H18N4O. The number of hydrogen-bond acceptors (Lipinski definition) is 5. The summed E-state index contributed by atoms with van der Waals surface area (Å²) in [6.45, 7) is 6.48. The predicted octanol–water partition coefficient (Wildman–Crippen LogP) is 0.861. The number of hydrogen-bond donors (Lipinski definition) is 2. The van der Waals surface area contributed by atoms with E-state index in [2.05, 4.69) is 23.7 Å². The first-order valence-corrected chi connectivity index (χ1v) is 5.38. The van der Waals surface area contributed by atoms with Crippen LogP contribution in [0.15, 0.2) is 12.1 Å². The van der Waals surface area contributed by atoms with Crippen LogP contribution in [0.4, 0.5) is 17.3 Å². The number of nitrogens with two attached hydrogens (primary N) is 2. The Balaban J connectivity index is 2.31. The van der Waals surface area contributed by atoms with Crippen LogP contribution in [-0.2, 0) is 4.74 Å². The second-order valence-corrected chi connectivity index (χ2v) is 4.66. The van der Waals surface area contributed by atoms with E-state index in [-0.39, 0.29) is 5.54 Å². The standard InChI is InChI=1S/C11H18N4O/c1-11(2)7-16-6-5-15(11)9-4-3-8(12)10(13)14-9/h3-4H,5-7,12H2,1-2H3,(H2,13,14). The Morgan fingerprint density at radius 2 is 2.12 bits per heavy atom. The number of morpholine rings is 1. The summed E-state index contributed by atoms with van der Waals surface area (Å²) in [7, 11) is 0. The van der Waals surface area contributed by atoms with E-state index in [1.807, 2.05) is 6.07 Å². The SMILES string of the molecule is CC1(C)COCCN1c1ccc(N)c(N)n1. The predicted molar refractivity (Wildman–Crippen MR) is 65.3 cm³/mol. The first kappa shape index (κ1) is 11.0. The number of pyridine rings is 1. The molecule has 0 spiro atoms. The minimum absolute atomic E-state index is 0.0617. The van der Waals surface area contributed by atoms with Crippen molar-refractivity contribution in [1.29, 1.82) is 0 Å². The average molecular weight is 222 g/mol. The molecule has 2 heterocycles. The Bertz CT molecular complexity index is 392. The fraction of sp³-hybridized carbons (Fsp3) is 0.545. The molecule has 0 aromatic carbocycles. The summed E-state index contributed by atoms with van der Waals surface area (Å²) < 4.78 is 5.47. The molecule has 2 rings (SSSR count). The maximum atomic E-state index is 5.72. The maximum absolute atomic E-state index is 5.72. The van der Waals surface area contributed by atoms with Crippen LogP contribution in [0.2, 0.25) is 0 Å². The number of nitrogens with zero attached hydrogens (tertiary/aromatic N) is 2. The fourth-order valence-electron chi connectivity index (χ4n) is 1.91. The lowest BCUT2D eigenvalue weighted by molar-refractivity contribution is 0.0639. The minimum Gasteiger partial charge on any atom is -0.396 e. The molecule has 0 amide bonds. The van der Waals surface area contributed by atoms with Gasteiger partial charge in [-0.3, -0.25) is 0 Å². The zero-order chi connectivity index (χ0) is 11.8. The summed E-state index contributed by atoms with van der Waals surface area (Å²) in [5.74, 6) is 1.25. The lowest BCUT2D eigenvalue weighted by Crippen LogP contribution is -2.53. The molecule has 1 aliphatic heterocycles. The first-order valence-electron chi connectivity index (χ1n) is 5.38. The number of rotatable bonds is 1. The van der Waals surface area contributed by atoms with Crippen molar-refractivity contribution in [2.24, 2.45) is 0 Å². The summed E-state index contributed by atoms with van der Waals surface area (Å²) in [4.78, 5) is 6.52. The molecule has 0 bridgehead atoms. The maximum Gasteiger partial charge on any atom is 0.149 e. The summed E-state index contributed by atoms with van der Waals surface area (Å²) in [5, 5.41) is 0. The van der Waals surface area contributed by atoms with E-state index < -0.39 is 0 Å². The number of anilines is 3. The van der Waals surface area contributed by atoms with Crippen LogP contribution < -0.4 is 16.4 Å². The van der Waals surface area contributed by atoms with Gasteiger partial charge in [0.15, 0.2) is 0 Å². The van der Waals surface area contributed by atoms with E-state index in [0.29, 0.717) is 18.1 Å². The van der Waals surface area contributed by atoms with E-state index in [1.165, 1.54) is 0 Å². The molecule has 0 atom stereocenters. The Morgan fingerprint density at radius 1 is 1.38 bits per heavy atom. The van der Waals surface area contributed by atoms with Gasteiger partial charge in [-0.25, -0.2) is 4.98 Å². The van der Waals surface area contributed by atoms with Gasteiger partial charge >= 0.3 is 0 Å². The van der Waals surface area contributed by atoms with Crippen molar-refractivity contribution in [3.05, 3.63) is 12.1 Å². The van der Waals surface area contributed by atoms with E-state index in [1.54, 1.807) is 6.07 Å². The van der Waals surface area contributed by atoms with Gasteiger partial charge < -0.3 is 21.1 Å². The Hall–Kier alpha value is -1.49. The quantitative estimate of drug-likeness (QED) is 0.737. The van der Waals surface area contributed by atoms with Gasteiger partial charge in [-0.15, -0.1) is 0 Å². The molecule has 0 radical (unpaired) electrons. The molecule has 1 saturated heterocycles. The zero-order valence-corrected chi connectivity index (χ0v) is 9.73. The molecule has 0 unspecified atom stereocenters. The Morgan fingerprint density at radius 3 is 2.75 bits per heavy atom. The van der Waals surface area contributed by atoms with Crippen molar-refractivity contribution < 1.29 is 4.74 Å². The largest absolute Gasteiger partial charge is 0.396 e. The van der Waals surface area contributed by atoms with Crippen LogP contribution >= 0.6 is 0 Å². The van der Waals surface area contributed by atoms with E-state index in [0.717, 1.165) is 19.0 Å². The smallest absolute Gasteiger partial charge is 0.149 e. The molecule has 1 aromatic heterocycles. The van der Waals surface area contributed by atoms with Crippen LogP contribution in [0, 0.1) is 0 Å². The number of ether oxygens (including phenoxy) is 1. The molecule has 88 valence electrons. The van der Waals surface area contributed by atoms with Crippen LogP contribution in [-0.4, -0.2) is 30.3 Å². The third-order valence-electron chi connectivity index (χ3n) is 2.86. The molecule has 0 aliphatic carbocycles. The number of aromatic nitrogens is 1. The van der Waals surface area contributed by atoms with Gasteiger partial charge in [0.2, 0.25) is 0 Å². The van der Waals surface area contributed by atoms with E-state index in [9.17, 15) is 0 Å². The Labute approximate surface area is 95.4 Å². The zero-order valence-electron chi connectivity index (χ0n) is 9.73. The van der Waals surface area contributed by atoms with E-state index in [4.69, 9.17) is 16.2 Å². The number of nitrogen functional groups attached to an aromatic ring is 2. The summed E-state index contributed by atoms with van der Waals surface area (Å²) >= 11 is 0. The fourth-order valence-corrected chi connectivity index (χ4v) is 1.91. The van der Waals surface area contributed by atoms with Crippen molar-refractivity contribution in [2.45, 2.75) is 19.4 Å². The summed E-state index contributed by atoms with van der Waals surface area (Å²) in [5.41, 5.74) is 11.8. The van der Waals surface area contributed by atoms with Crippen LogP contribution in [0.1, 0.15) is 13.8 Å². The second-order valence-electron chi connectivity index (χ2n) is 4.66. The van der Waals surface area contributed by atoms with Crippen LogP contribution in [0.3, 0.4) is 0 Å². The summed E-state index contributed by atoms with van der Waals surface area (Å²) in [6.07, 6.45) is 0. The third kappa shape index (κ3) is 1.90. The topological polar surface area (TPSA) is 77.4 Å². The summed E-state index contributed by atoms with van der Waals surface area (Å²) in [6, 6.07) is 3.70. The molecule has 16 heavy (non-hydrogen) atoms. The van der Waals surface area contributed by atoms with Crippen LogP contribution in [0.5, 0.6) is 0 Å². The molecule has 0 saturated carbocycles. The van der Waals surface area contributed by atoms with Crippen molar-refractivity contribution in [2.75, 3.05) is 36.1 Å². The average Bonchev–Trinajstić information content (AvgIpc) is 2.22. The monoisotopic (exact) mass is 222 g/mol. The minimum atomic E-state index is -0.0617. The second kappa shape index (κ2) is 3.83. The van der Waals surface area contributed by atoms with Gasteiger partial charge in [-0.05, 0) is 26.0 Å². The van der Waals surface area contributed by atoms with E-state index >= 15 is 0 Å². The molecule has 1 fully saturated rings. The van der Waals surface area contributed by atoms with Gasteiger partial charge in [-0.2, -0.15) is 0 Å². The molecule has 5 heteroatoms. The van der Waals surface area contributed by atoms with Crippen molar-refractivity contribution in [3.63, 3.8) is 0 Å². The molecule has 1 aromatic rings. The van der Waals surface area contributed by atoms with Crippen LogP contribution in [0.25, 0.3) is 0 Å². The highest BCUT2D eigenvalue weighted by Gasteiger charge is 2.31. The third-order valence-corrected chi connectivity index (χ3v) is 2.86. The highest BCUT2D eigenvalue weighted by atomic mass is 16.5. The lowest BCUT2D eigenvalue weighted by atomic mass is 10.0. The molecule has 4 N–H and O–H groups in total. The van der Waals surface area contributed by atoms with Crippen molar-refractivity contribution >= 4 is 17.3 Å². The van der Waals surface area contributed by atoms with Gasteiger partial charge in [0.25, 0.3) is 0 Å². The first-order chi connectivity index (χ1) is 7.50. The Kier molecular flexibility index (Phi) is 2.63. The van der Waals surface area contributed by atoms with Crippen molar-refractivity contribution in [3.8, 4) is 0 Å². The normalized spacial score (nSPS) is 19.8. The van der Waals surface area contributed by atoms with Gasteiger partial charge in [0, 0.05) is 6.54 Å². The van der Waals surface area contributed by atoms with Gasteiger partial charge in [0.05, 0.1) is 24.4 Å². The molecule has 5 nitrogen and oxygen atoms in total.